The van der Waals surface area contributed by atoms with E-state index in [4.69, 9.17) is 15.2 Å². The number of nitrogens with zero attached hydrogens (tertiary/aromatic N) is 1. The van der Waals surface area contributed by atoms with Crippen LogP contribution in [-0.2, 0) is 4.79 Å². The highest BCUT2D eigenvalue weighted by atomic mass is 35.5. The van der Waals surface area contributed by atoms with E-state index in [9.17, 15) is 4.79 Å². The topological polar surface area (TPSA) is 114 Å². The SMILES string of the molecule is COc1ccc(-c2cnsc2-c2cc(C)c(C)c(OC)c2)cc1NC(=O)[C@H]([NH3+])CCCCN.[Cl-]. The number of halogens is 1. The summed E-state index contributed by atoms with van der Waals surface area (Å²) in [6, 6.07) is 9.60. The molecule has 0 bridgehead atoms. The molecule has 6 N–H and O–H groups in total. The molecular weight excluding hydrogens is 472 g/mol. The number of hydrogen-bond donors (Lipinski definition) is 3. The van der Waals surface area contributed by atoms with Crippen molar-refractivity contribution in [1.29, 1.82) is 0 Å². The molecule has 0 saturated carbocycles. The summed E-state index contributed by atoms with van der Waals surface area (Å²) >= 11 is 1.43. The monoisotopic (exact) mass is 504 g/mol. The Kier molecular flexibility index (Phi) is 10.3. The first kappa shape index (κ1) is 27.6. The molecule has 0 fully saturated rings. The van der Waals surface area contributed by atoms with Crippen molar-refractivity contribution < 1.29 is 32.4 Å². The second kappa shape index (κ2) is 12.7. The Morgan fingerprint density at radius 2 is 1.85 bits per heavy atom. The molecule has 0 aliphatic rings. The van der Waals surface area contributed by atoms with E-state index in [2.05, 4.69) is 35.3 Å². The first-order valence-corrected chi connectivity index (χ1v) is 11.8. The van der Waals surface area contributed by atoms with Crippen molar-refractivity contribution in [1.82, 2.24) is 4.37 Å². The molecule has 1 heterocycles. The Labute approximate surface area is 211 Å². The fourth-order valence-corrected chi connectivity index (χ4v) is 4.45. The molecule has 1 atom stereocenters. The molecule has 2 aromatic carbocycles. The lowest BCUT2D eigenvalue weighted by molar-refractivity contribution is -0.404. The number of ether oxygens (including phenoxy) is 2. The number of rotatable bonds is 10. The van der Waals surface area contributed by atoms with Crippen molar-refractivity contribution in [2.45, 2.75) is 39.2 Å². The van der Waals surface area contributed by atoms with Crippen LogP contribution in [0.5, 0.6) is 11.5 Å². The molecule has 184 valence electrons. The van der Waals surface area contributed by atoms with E-state index in [1.165, 1.54) is 11.5 Å². The minimum Gasteiger partial charge on any atom is -1.00 e. The number of nitrogens with one attached hydrogen (secondary N) is 1. The van der Waals surface area contributed by atoms with Crippen molar-refractivity contribution in [3.8, 4) is 33.1 Å². The number of anilines is 1. The zero-order valence-corrected chi connectivity index (χ0v) is 21.7. The Morgan fingerprint density at radius 1 is 1.12 bits per heavy atom. The number of benzene rings is 2. The van der Waals surface area contributed by atoms with Crippen LogP contribution >= 0.6 is 11.5 Å². The minimum absolute atomic E-state index is 0. The molecular formula is C25H33ClN4O3S. The van der Waals surface area contributed by atoms with Crippen LogP contribution in [0, 0.1) is 13.8 Å². The van der Waals surface area contributed by atoms with Gasteiger partial charge < -0.3 is 38.7 Å². The maximum atomic E-state index is 12.7. The molecule has 34 heavy (non-hydrogen) atoms. The predicted molar refractivity (Wildman–Crippen MR) is 134 cm³/mol. The number of aryl methyl sites for hydroxylation is 1. The van der Waals surface area contributed by atoms with Gasteiger partial charge >= 0.3 is 0 Å². The quantitative estimate of drug-likeness (QED) is 0.353. The third kappa shape index (κ3) is 6.27. The van der Waals surface area contributed by atoms with E-state index in [0.717, 1.165) is 51.3 Å². The molecule has 0 radical (unpaired) electrons. The van der Waals surface area contributed by atoms with Gasteiger partial charge in [0.15, 0.2) is 6.04 Å². The van der Waals surface area contributed by atoms with E-state index in [1.807, 2.05) is 30.5 Å². The second-order valence-corrected chi connectivity index (χ2v) is 8.88. The molecule has 1 amide bonds. The van der Waals surface area contributed by atoms with Crippen LogP contribution in [0.15, 0.2) is 36.5 Å². The smallest absolute Gasteiger partial charge is 0.282 e. The van der Waals surface area contributed by atoms with Crippen LogP contribution in [0.4, 0.5) is 5.69 Å². The number of hydrogen-bond acceptors (Lipinski definition) is 6. The van der Waals surface area contributed by atoms with E-state index in [-0.39, 0.29) is 24.4 Å². The van der Waals surface area contributed by atoms with Crippen molar-refractivity contribution in [3.63, 3.8) is 0 Å². The summed E-state index contributed by atoms with van der Waals surface area (Å²) in [7, 11) is 3.27. The van der Waals surface area contributed by atoms with Crippen LogP contribution in [-0.4, -0.2) is 37.1 Å². The lowest BCUT2D eigenvalue weighted by atomic mass is 9.99. The molecule has 0 aliphatic carbocycles. The van der Waals surface area contributed by atoms with Gasteiger partial charge in [0.2, 0.25) is 0 Å². The summed E-state index contributed by atoms with van der Waals surface area (Å²) in [5, 5.41) is 2.99. The van der Waals surface area contributed by atoms with E-state index < -0.39 is 0 Å². The van der Waals surface area contributed by atoms with Gasteiger partial charge in [0, 0.05) is 18.2 Å². The normalized spacial score (nSPS) is 11.5. The predicted octanol–water partition coefficient (Wildman–Crippen LogP) is 0.793. The van der Waals surface area contributed by atoms with Crippen molar-refractivity contribution in [2.75, 3.05) is 26.1 Å². The van der Waals surface area contributed by atoms with E-state index in [1.54, 1.807) is 14.2 Å². The van der Waals surface area contributed by atoms with Gasteiger partial charge in [0.05, 0.1) is 24.8 Å². The number of unbranched alkanes of at least 4 members (excludes halogenated alkanes) is 1. The van der Waals surface area contributed by atoms with Gasteiger partial charge in [-0.05, 0) is 85.2 Å². The molecule has 7 nitrogen and oxygen atoms in total. The average molecular weight is 505 g/mol. The molecule has 0 unspecified atom stereocenters. The Balaban J connectivity index is 0.00000408. The maximum absolute atomic E-state index is 12.7. The molecule has 3 rings (SSSR count). The number of quaternary nitrogens is 1. The summed E-state index contributed by atoms with van der Waals surface area (Å²) in [4.78, 5) is 13.8. The zero-order valence-electron chi connectivity index (χ0n) is 20.1. The van der Waals surface area contributed by atoms with E-state index in [0.29, 0.717) is 24.4 Å². The molecule has 0 spiro atoms. The largest absolute Gasteiger partial charge is 1.00 e. The minimum atomic E-state index is -0.355. The number of methoxy groups -OCH3 is 2. The van der Waals surface area contributed by atoms with Crippen LogP contribution in [0.1, 0.15) is 30.4 Å². The highest BCUT2D eigenvalue weighted by Crippen LogP contribution is 2.40. The summed E-state index contributed by atoms with van der Waals surface area (Å²) in [5.41, 5.74) is 15.4. The van der Waals surface area contributed by atoms with Gasteiger partial charge in [0.1, 0.15) is 11.5 Å². The third-order valence-corrected chi connectivity index (χ3v) is 6.67. The fourth-order valence-electron chi connectivity index (χ4n) is 3.70. The Morgan fingerprint density at radius 3 is 2.53 bits per heavy atom. The van der Waals surface area contributed by atoms with Gasteiger partial charge in [0.25, 0.3) is 5.91 Å². The summed E-state index contributed by atoms with van der Waals surface area (Å²) in [5.74, 6) is 1.31. The number of nitrogens with two attached hydrogens (primary N) is 1. The van der Waals surface area contributed by atoms with Crippen LogP contribution < -0.4 is 38.7 Å². The number of amides is 1. The van der Waals surface area contributed by atoms with Crippen LogP contribution in [0.3, 0.4) is 0 Å². The summed E-state index contributed by atoms with van der Waals surface area (Å²) in [6.45, 7) is 4.75. The Bertz CT molecular complexity index is 1120. The van der Waals surface area contributed by atoms with Gasteiger partial charge in [-0.3, -0.25) is 4.79 Å². The molecule has 1 aromatic heterocycles. The summed E-state index contributed by atoms with van der Waals surface area (Å²) in [6.07, 6.45) is 4.30. The molecule has 3 aromatic rings. The van der Waals surface area contributed by atoms with Crippen LogP contribution in [0.25, 0.3) is 21.6 Å². The molecule has 9 heteroatoms. The van der Waals surface area contributed by atoms with Crippen molar-refractivity contribution >= 4 is 23.1 Å². The van der Waals surface area contributed by atoms with Crippen LogP contribution in [0.2, 0.25) is 0 Å². The van der Waals surface area contributed by atoms with Gasteiger partial charge in [-0.15, -0.1) is 0 Å². The Hall–Kier alpha value is -2.65. The van der Waals surface area contributed by atoms with Crippen molar-refractivity contribution in [2.24, 2.45) is 5.73 Å². The van der Waals surface area contributed by atoms with Crippen molar-refractivity contribution in [3.05, 3.63) is 47.7 Å². The number of carbonyl (C=O) groups excluding carboxylic acids is 1. The maximum Gasteiger partial charge on any atom is 0.282 e. The highest BCUT2D eigenvalue weighted by Gasteiger charge is 2.20. The highest BCUT2D eigenvalue weighted by molar-refractivity contribution is 7.10. The first-order chi connectivity index (χ1) is 15.9. The summed E-state index contributed by atoms with van der Waals surface area (Å²) < 4.78 is 15.5. The molecule has 0 aliphatic heterocycles. The van der Waals surface area contributed by atoms with Gasteiger partial charge in [-0.25, -0.2) is 0 Å². The van der Waals surface area contributed by atoms with Gasteiger partial charge in [-0.2, -0.15) is 4.37 Å². The van der Waals surface area contributed by atoms with E-state index >= 15 is 0 Å². The average Bonchev–Trinajstić information content (AvgIpc) is 3.30. The molecule has 0 saturated heterocycles. The van der Waals surface area contributed by atoms with Gasteiger partial charge in [-0.1, -0.05) is 12.1 Å². The lowest BCUT2D eigenvalue weighted by Gasteiger charge is -2.15. The third-order valence-electron chi connectivity index (χ3n) is 5.82. The second-order valence-electron chi connectivity index (χ2n) is 8.07. The number of aromatic nitrogens is 1. The standard InChI is InChI=1S/C25H32N4O3S.ClH/c1-15-11-18(13-23(32-4)16(15)2)24-19(14-28-33-24)17-8-9-22(31-3)21(12-17)29-25(30)20(27)7-5-6-10-26;/h8-9,11-14,20H,5-7,10,26-27H2,1-4H3,(H,29,30);1H/t20-;/m1./s1. The first-order valence-electron chi connectivity index (χ1n) is 11.0. The zero-order chi connectivity index (χ0) is 24.0. The fraction of sp³-hybridized carbons (Fsp3) is 0.360. The lowest BCUT2D eigenvalue weighted by Crippen LogP contribution is -3.00. The number of carbonyl (C=O) groups is 1.